The van der Waals surface area contributed by atoms with E-state index < -0.39 is 0 Å². The van der Waals surface area contributed by atoms with Gasteiger partial charge < -0.3 is 10.8 Å². The summed E-state index contributed by atoms with van der Waals surface area (Å²) in [6.07, 6.45) is 1.68. The average molecular weight is 263 g/mol. The summed E-state index contributed by atoms with van der Waals surface area (Å²) < 4.78 is 0. The number of hydrogen-bond acceptors (Lipinski definition) is 4. The minimum absolute atomic E-state index is 0.138. The maximum absolute atomic E-state index is 9.82. The number of aromatic nitrogens is 2. The van der Waals surface area contributed by atoms with Crippen molar-refractivity contribution in [2.45, 2.75) is 0 Å². The van der Waals surface area contributed by atoms with E-state index in [1.54, 1.807) is 24.4 Å². The predicted molar refractivity (Wildman–Crippen MR) is 79.0 cm³/mol. The van der Waals surface area contributed by atoms with Crippen LogP contribution in [0.4, 0.5) is 5.82 Å². The smallest absolute Gasteiger partial charge is 0.165 e. The summed E-state index contributed by atoms with van der Waals surface area (Å²) in [5.41, 5.74) is 8.33. The zero-order valence-electron chi connectivity index (χ0n) is 10.7. The molecule has 0 aliphatic heterocycles. The molecule has 98 valence electrons. The summed E-state index contributed by atoms with van der Waals surface area (Å²) in [5, 5.41) is 9.82. The monoisotopic (exact) mass is 263 g/mol. The van der Waals surface area contributed by atoms with E-state index >= 15 is 0 Å². The van der Waals surface area contributed by atoms with Crippen LogP contribution in [-0.4, -0.2) is 15.1 Å². The molecule has 0 amide bonds. The molecular formula is C16H13N3O. The first kappa shape index (κ1) is 12.2. The topological polar surface area (TPSA) is 72.0 Å². The molecule has 0 radical (unpaired) electrons. The number of nitrogens with zero attached hydrogens (tertiary/aromatic N) is 2. The fraction of sp³-hybridized carbons (Fsp3) is 0. The van der Waals surface area contributed by atoms with Crippen molar-refractivity contribution in [1.82, 2.24) is 9.97 Å². The number of anilines is 1. The molecule has 1 heterocycles. The largest absolute Gasteiger partial charge is 0.507 e. The van der Waals surface area contributed by atoms with E-state index in [9.17, 15) is 5.11 Å². The normalized spacial score (nSPS) is 10.4. The summed E-state index contributed by atoms with van der Waals surface area (Å²) in [6.45, 7) is 0. The van der Waals surface area contributed by atoms with Crippen LogP contribution in [0.2, 0.25) is 0 Å². The number of benzene rings is 2. The molecule has 0 bridgehead atoms. The van der Waals surface area contributed by atoms with Crippen molar-refractivity contribution in [2.75, 3.05) is 5.73 Å². The van der Waals surface area contributed by atoms with Crippen LogP contribution in [-0.2, 0) is 0 Å². The molecule has 0 unspecified atom stereocenters. The third kappa shape index (κ3) is 2.19. The van der Waals surface area contributed by atoms with Crippen molar-refractivity contribution >= 4 is 5.82 Å². The molecule has 0 aliphatic rings. The summed E-state index contributed by atoms with van der Waals surface area (Å²) in [5.74, 6) is 0.948. The molecule has 3 N–H and O–H groups in total. The van der Waals surface area contributed by atoms with Gasteiger partial charge in [0, 0.05) is 11.8 Å². The maximum atomic E-state index is 9.82. The van der Waals surface area contributed by atoms with Gasteiger partial charge in [-0.15, -0.1) is 0 Å². The summed E-state index contributed by atoms with van der Waals surface area (Å²) >= 11 is 0. The van der Waals surface area contributed by atoms with Crippen LogP contribution in [0, 0.1) is 0 Å². The fourth-order valence-electron chi connectivity index (χ4n) is 2.03. The number of nitrogens with two attached hydrogens (primary N) is 1. The molecule has 0 aliphatic carbocycles. The van der Waals surface area contributed by atoms with Gasteiger partial charge in [-0.1, -0.05) is 42.5 Å². The van der Waals surface area contributed by atoms with Crippen LogP contribution < -0.4 is 5.73 Å². The summed E-state index contributed by atoms with van der Waals surface area (Å²) in [6, 6.07) is 16.6. The molecule has 0 spiro atoms. The number of phenolic OH excluding ortho intramolecular Hbond substituents is 1. The standard InChI is InChI=1S/C16H13N3O/c17-15-13(11-6-2-1-3-7-11)10-18-16(19-15)12-8-4-5-9-14(12)20/h1-10,20H,(H2,17,18,19). The van der Waals surface area contributed by atoms with Gasteiger partial charge in [-0.25, -0.2) is 9.97 Å². The Morgan fingerprint density at radius 3 is 2.25 bits per heavy atom. The molecule has 20 heavy (non-hydrogen) atoms. The molecule has 0 atom stereocenters. The third-order valence-corrected chi connectivity index (χ3v) is 3.05. The maximum Gasteiger partial charge on any atom is 0.165 e. The summed E-state index contributed by atoms with van der Waals surface area (Å²) in [4.78, 5) is 8.58. The second-order valence-electron chi connectivity index (χ2n) is 4.38. The van der Waals surface area contributed by atoms with Crippen molar-refractivity contribution in [2.24, 2.45) is 0 Å². The van der Waals surface area contributed by atoms with Gasteiger partial charge in [0.1, 0.15) is 11.6 Å². The van der Waals surface area contributed by atoms with Crippen LogP contribution in [0.3, 0.4) is 0 Å². The number of phenols is 1. The van der Waals surface area contributed by atoms with Gasteiger partial charge in [-0.05, 0) is 17.7 Å². The number of nitrogen functional groups attached to an aromatic ring is 1. The molecule has 1 aromatic heterocycles. The Morgan fingerprint density at radius 1 is 0.850 bits per heavy atom. The quantitative estimate of drug-likeness (QED) is 0.745. The first-order valence-electron chi connectivity index (χ1n) is 6.22. The van der Waals surface area contributed by atoms with Gasteiger partial charge in [0.25, 0.3) is 0 Å². The lowest BCUT2D eigenvalue weighted by molar-refractivity contribution is 0.477. The Labute approximate surface area is 116 Å². The Balaban J connectivity index is 2.07. The van der Waals surface area contributed by atoms with Crippen LogP contribution in [0.15, 0.2) is 60.8 Å². The minimum Gasteiger partial charge on any atom is -0.507 e. The molecular weight excluding hydrogens is 250 g/mol. The van der Waals surface area contributed by atoms with Crippen molar-refractivity contribution in [3.63, 3.8) is 0 Å². The number of aromatic hydroxyl groups is 1. The molecule has 0 fully saturated rings. The fourth-order valence-corrected chi connectivity index (χ4v) is 2.03. The Bertz CT molecular complexity index is 742. The lowest BCUT2D eigenvalue weighted by Gasteiger charge is -2.07. The lowest BCUT2D eigenvalue weighted by Crippen LogP contribution is -1.98. The summed E-state index contributed by atoms with van der Waals surface area (Å²) in [7, 11) is 0. The highest BCUT2D eigenvalue weighted by Crippen LogP contribution is 2.29. The highest BCUT2D eigenvalue weighted by Gasteiger charge is 2.10. The van der Waals surface area contributed by atoms with E-state index in [1.807, 2.05) is 36.4 Å². The molecule has 0 saturated carbocycles. The minimum atomic E-state index is 0.138. The van der Waals surface area contributed by atoms with Gasteiger partial charge in [0.2, 0.25) is 0 Å². The average Bonchev–Trinajstić information content (AvgIpc) is 2.48. The zero-order valence-corrected chi connectivity index (χ0v) is 10.7. The molecule has 3 rings (SSSR count). The van der Waals surface area contributed by atoms with Gasteiger partial charge >= 0.3 is 0 Å². The molecule has 2 aromatic carbocycles. The van der Waals surface area contributed by atoms with E-state index in [-0.39, 0.29) is 5.75 Å². The van der Waals surface area contributed by atoms with E-state index in [4.69, 9.17) is 5.73 Å². The van der Waals surface area contributed by atoms with Gasteiger partial charge in [0.05, 0.1) is 5.56 Å². The van der Waals surface area contributed by atoms with E-state index in [0.717, 1.165) is 11.1 Å². The number of hydrogen-bond donors (Lipinski definition) is 2. The first-order valence-corrected chi connectivity index (χ1v) is 6.22. The lowest BCUT2D eigenvalue weighted by atomic mass is 10.1. The van der Waals surface area contributed by atoms with Gasteiger partial charge in [0.15, 0.2) is 5.82 Å². The van der Waals surface area contributed by atoms with E-state index in [2.05, 4.69) is 9.97 Å². The second-order valence-corrected chi connectivity index (χ2v) is 4.38. The molecule has 3 aromatic rings. The molecule has 0 saturated heterocycles. The Morgan fingerprint density at radius 2 is 1.55 bits per heavy atom. The van der Waals surface area contributed by atoms with Crippen LogP contribution in [0.1, 0.15) is 0 Å². The highest BCUT2D eigenvalue weighted by atomic mass is 16.3. The predicted octanol–water partition coefficient (Wildman–Crippen LogP) is 3.10. The third-order valence-electron chi connectivity index (χ3n) is 3.05. The Kier molecular flexibility index (Phi) is 3.05. The second kappa shape index (κ2) is 5.01. The van der Waals surface area contributed by atoms with Crippen molar-refractivity contribution in [3.8, 4) is 28.3 Å². The molecule has 4 nitrogen and oxygen atoms in total. The first-order chi connectivity index (χ1) is 9.75. The SMILES string of the molecule is Nc1nc(-c2ccccc2O)ncc1-c1ccccc1. The van der Waals surface area contributed by atoms with Gasteiger partial charge in [-0.2, -0.15) is 0 Å². The number of para-hydroxylation sites is 1. The zero-order chi connectivity index (χ0) is 13.9. The Hall–Kier alpha value is -2.88. The van der Waals surface area contributed by atoms with Crippen LogP contribution in [0.5, 0.6) is 5.75 Å². The molecule has 4 heteroatoms. The van der Waals surface area contributed by atoms with Crippen molar-refractivity contribution in [1.29, 1.82) is 0 Å². The van der Waals surface area contributed by atoms with Crippen molar-refractivity contribution in [3.05, 3.63) is 60.8 Å². The van der Waals surface area contributed by atoms with E-state index in [0.29, 0.717) is 17.2 Å². The van der Waals surface area contributed by atoms with E-state index in [1.165, 1.54) is 0 Å². The highest BCUT2D eigenvalue weighted by molar-refractivity contribution is 5.75. The van der Waals surface area contributed by atoms with Crippen molar-refractivity contribution < 1.29 is 5.11 Å². The number of rotatable bonds is 2. The van der Waals surface area contributed by atoms with Crippen LogP contribution >= 0.6 is 0 Å². The van der Waals surface area contributed by atoms with Crippen LogP contribution in [0.25, 0.3) is 22.5 Å². The van der Waals surface area contributed by atoms with Gasteiger partial charge in [-0.3, -0.25) is 0 Å².